The molecular weight excluding hydrogens is 466 g/mol. The Balaban J connectivity index is 1.76. The van der Waals surface area contributed by atoms with Crippen LogP contribution < -0.4 is 10.6 Å². The summed E-state index contributed by atoms with van der Waals surface area (Å²) < 4.78 is 4.88. The molecule has 1 aromatic rings. The molecule has 13 nitrogen and oxygen atoms in total. The SMILES string of the molecule is CON=C(C(=O)NC1C(=O)N2C(C(=O)O)=C(COC(C)=O)CS[C@@H]12)c1csc(NC=O)n1. The first-order valence-electron chi connectivity index (χ1n) is 8.90. The summed E-state index contributed by atoms with van der Waals surface area (Å²) in [5.74, 6) is -3.11. The molecule has 3 amide bonds. The van der Waals surface area contributed by atoms with Crippen LogP contribution in [0.2, 0.25) is 0 Å². The predicted molar refractivity (Wildman–Crippen MR) is 112 cm³/mol. The first-order chi connectivity index (χ1) is 15.3. The number of β-lactam (4-membered cyclic amide) rings is 1. The molecule has 1 aromatic heterocycles. The molecule has 2 aliphatic heterocycles. The molecule has 2 aliphatic rings. The Kier molecular flexibility index (Phi) is 7.09. The molecule has 3 N–H and O–H groups in total. The van der Waals surface area contributed by atoms with Crippen molar-refractivity contribution in [3.63, 3.8) is 0 Å². The summed E-state index contributed by atoms with van der Waals surface area (Å²) in [6.07, 6.45) is 0.432. The minimum Gasteiger partial charge on any atom is -0.477 e. The standard InChI is InChI=1S/C17H17N5O8S2/c1-7(24)30-3-8-4-31-15-11(14(26)22(15)12(8)16(27)28)20-13(25)10(21-29-2)9-5-32-17(19-9)18-6-23/h5-6,11,15H,3-4H2,1-2H3,(H,20,25)(H,27,28)(H,18,19,23)/t11?,15-/m0/s1. The van der Waals surface area contributed by atoms with E-state index in [0.717, 1.165) is 16.2 Å². The van der Waals surface area contributed by atoms with Crippen molar-refractivity contribution >= 4 is 64.1 Å². The van der Waals surface area contributed by atoms with Gasteiger partial charge in [-0.05, 0) is 0 Å². The van der Waals surface area contributed by atoms with E-state index in [0.29, 0.717) is 6.41 Å². The fourth-order valence-corrected chi connectivity index (χ4v) is 4.97. The number of esters is 1. The van der Waals surface area contributed by atoms with Gasteiger partial charge >= 0.3 is 11.9 Å². The van der Waals surface area contributed by atoms with Crippen LogP contribution in [0.15, 0.2) is 21.8 Å². The zero-order valence-electron chi connectivity index (χ0n) is 16.7. The third-order valence-corrected chi connectivity index (χ3v) is 6.43. The molecule has 15 heteroatoms. The number of amides is 3. The highest BCUT2D eigenvalue weighted by atomic mass is 32.2. The number of hydrogen-bond donors (Lipinski definition) is 3. The second-order valence-corrected chi connectivity index (χ2v) is 8.28. The largest absolute Gasteiger partial charge is 0.477 e. The fourth-order valence-electron chi connectivity index (χ4n) is 2.99. The van der Waals surface area contributed by atoms with E-state index in [4.69, 9.17) is 9.57 Å². The van der Waals surface area contributed by atoms with E-state index in [1.807, 2.05) is 0 Å². The molecular formula is C17H17N5O8S2. The summed E-state index contributed by atoms with van der Waals surface area (Å²) in [6.45, 7) is 0.947. The number of carboxylic acids is 1. The number of oxime groups is 1. The summed E-state index contributed by atoms with van der Waals surface area (Å²) in [5, 5.41) is 19.1. The Labute approximate surface area is 188 Å². The predicted octanol–water partition coefficient (Wildman–Crippen LogP) is -0.636. The van der Waals surface area contributed by atoms with E-state index >= 15 is 0 Å². The number of hydrogen-bond acceptors (Lipinski definition) is 11. The summed E-state index contributed by atoms with van der Waals surface area (Å²) in [5.41, 5.74) is -0.0838. The topological polar surface area (TPSA) is 177 Å². The molecule has 0 spiro atoms. The monoisotopic (exact) mass is 483 g/mol. The van der Waals surface area contributed by atoms with Crippen LogP contribution in [-0.4, -0.2) is 81.8 Å². The number of aromatic nitrogens is 1. The number of aliphatic carboxylic acids is 1. The number of anilines is 1. The molecule has 0 bridgehead atoms. The Bertz CT molecular complexity index is 1040. The fraction of sp³-hybridized carbons (Fsp3) is 0.353. The second kappa shape index (κ2) is 9.78. The molecule has 2 atom stereocenters. The van der Waals surface area contributed by atoms with Crippen molar-refractivity contribution in [2.45, 2.75) is 18.3 Å². The van der Waals surface area contributed by atoms with Gasteiger partial charge in [-0.2, -0.15) is 0 Å². The van der Waals surface area contributed by atoms with Crippen molar-refractivity contribution in [3.8, 4) is 0 Å². The minimum absolute atomic E-state index is 0.119. The second-order valence-electron chi connectivity index (χ2n) is 6.32. The number of ether oxygens (including phenoxy) is 1. The molecule has 32 heavy (non-hydrogen) atoms. The maximum atomic E-state index is 12.8. The lowest BCUT2D eigenvalue weighted by Crippen LogP contribution is -2.71. The van der Waals surface area contributed by atoms with Crippen molar-refractivity contribution in [2.24, 2.45) is 5.16 Å². The number of carbonyl (C=O) groups excluding carboxylic acids is 4. The lowest BCUT2D eigenvalue weighted by atomic mass is 10.0. The van der Waals surface area contributed by atoms with Gasteiger partial charge in [0.05, 0.1) is 0 Å². The first kappa shape index (κ1) is 23.2. The van der Waals surface area contributed by atoms with Crippen molar-refractivity contribution < 1.29 is 38.7 Å². The number of fused-ring (bicyclic) bond motifs is 1. The molecule has 0 radical (unpaired) electrons. The van der Waals surface area contributed by atoms with Gasteiger partial charge in [0.15, 0.2) is 10.8 Å². The minimum atomic E-state index is -1.34. The van der Waals surface area contributed by atoms with E-state index < -0.39 is 35.2 Å². The van der Waals surface area contributed by atoms with E-state index in [-0.39, 0.29) is 40.2 Å². The highest BCUT2D eigenvalue weighted by Gasteiger charge is 2.54. The molecule has 1 unspecified atom stereocenters. The van der Waals surface area contributed by atoms with Gasteiger partial charge in [0, 0.05) is 23.6 Å². The van der Waals surface area contributed by atoms with Crippen LogP contribution in [0.3, 0.4) is 0 Å². The van der Waals surface area contributed by atoms with Crippen LogP contribution in [0.4, 0.5) is 5.13 Å². The van der Waals surface area contributed by atoms with Crippen LogP contribution in [0.1, 0.15) is 12.6 Å². The van der Waals surface area contributed by atoms with E-state index in [2.05, 4.69) is 20.8 Å². The van der Waals surface area contributed by atoms with Gasteiger partial charge in [-0.1, -0.05) is 5.16 Å². The van der Waals surface area contributed by atoms with E-state index in [1.165, 1.54) is 31.2 Å². The number of carboxylic acid groups (broad SMARTS) is 1. The van der Waals surface area contributed by atoms with Gasteiger partial charge < -0.3 is 25.3 Å². The van der Waals surface area contributed by atoms with Crippen LogP contribution in [0, 0.1) is 0 Å². The molecule has 1 fully saturated rings. The van der Waals surface area contributed by atoms with Crippen molar-refractivity contribution in [3.05, 3.63) is 22.3 Å². The third-order valence-electron chi connectivity index (χ3n) is 4.31. The smallest absolute Gasteiger partial charge is 0.352 e. The van der Waals surface area contributed by atoms with Crippen molar-refractivity contribution in [1.82, 2.24) is 15.2 Å². The Morgan fingerprint density at radius 2 is 2.19 bits per heavy atom. The Morgan fingerprint density at radius 3 is 2.81 bits per heavy atom. The molecule has 3 heterocycles. The zero-order chi connectivity index (χ0) is 23.4. The summed E-state index contributed by atoms with van der Waals surface area (Å²) in [7, 11) is 1.23. The molecule has 1 saturated heterocycles. The third kappa shape index (κ3) is 4.57. The van der Waals surface area contributed by atoms with E-state index in [9.17, 15) is 29.1 Å². The summed E-state index contributed by atoms with van der Waals surface area (Å²) in [6, 6.07) is -1.01. The number of nitrogens with zero attached hydrogens (tertiary/aromatic N) is 3. The molecule has 0 saturated carbocycles. The molecule has 170 valence electrons. The van der Waals surface area contributed by atoms with Gasteiger partial charge in [-0.3, -0.25) is 24.1 Å². The zero-order valence-corrected chi connectivity index (χ0v) is 18.3. The Hall–Kier alpha value is -3.46. The highest BCUT2D eigenvalue weighted by Crippen LogP contribution is 2.40. The van der Waals surface area contributed by atoms with Gasteiger partial charge in [0.25, 0.3) is 11.8 Å². The van der Waals surface area contributed by atoms with Crippen molar-refractivity contribution in [1.29, 1.82) is 0 Å². The lowest BCUT2D eigenvalue weighted by Gasteiger charge is -2.49. The van der Waals surface area contributed by atoms with Gasteiger partial charge in [0.2, 0.25) is 6.41 Å². The number of thiazole rings is 1. The van der Waals surface area contributed by atoms with Crippen LogP contribution in [0.25, 0.3) is 0 Å². The summed E-state index contributed by atoms with van der Waals surface area (Å²) in [4.78, 5) is 68.6. The maximum absolute atomic E-state index is 12.8. The lowest BCUT2D eigenvalue weighted by molar-refractivity contribution is -0.150. The quantitative estimate of drug-likeness (QED) is 0.135. The van der Waals surface area contributed by atoms with Crippen LogP contribution >= 0.6 is 23.1 Å². The van der Waals surface area contributed by atoms with Gasteiger partial charge in [0.1, 0.15) is 36.5 Å². The molecule has 0 aromatic carbocycles. The van der Waals surface area contributed by atoms with Crippen LogP contribution in [0.5, 0.6) is 0 Å². The number of carbonyl (C=O) groups is 5. The van der Waals surface area contributed by atoms with E-state index in [1.54, 1.807) is 0 Å². The first-order valence-corrected chi connectivity index (χ1v) is 10.8. The number of thioether (sulfide) groups is 1. The van der Waals surface area contributed by atoms with Crippen LogP contribution in [-0.2, 0) is 33.5 Å². The Morgan fingerprint density at radius 1 is 1.44 bits per heavy atom. The van der Waals surface area contributed by atoms with Crippen molar-refractivity contribution in [2.75, 3.05) is 24.8 Å². The summed E-state index contributed by atoms with van der Waals surface area (Å²) >= 11 is 2.28. The average Bonchev–Trinajstić information content (AvgIpc) is 3.21. The maximum Gasteiger partial charge on any atom is 0.352 e. The number of nitrogens with one attached hydrogen (secondary N) is 2. The normalized spacial score (nSPS) is 20.1. The van der Waals surface area contributed by atoms with Gasteiger partial charge in [-0.15, -0.1) is 23.1 Å². The highest BCUT2D eigenvalue weighted by molar-refractivity contribution is 8.00. The average molecular weight is 483 g/mol. The number of rotatable bonds is 9. The van der Waals surface area contributed by atoms with Gasteiger partial charge in [-0.25, -0.2) is 9.78 Å². The molecule has 0 aliphatic carbocycles. The molecule has 3 rings (SSSR count).